The number of methoxy groups -OCH3 is 1. The normalized spacial score (nSPS) is 13.8. The molecule has 1 aromatic carbocycles. The first-order chi connectivity index (χ1) is 9.19. The summed E-state index contributed by atoms with van der Waals surface area (Å²) in [4.78, 5) is 11.4. The molecule has 0 radical (unpaired) electrons. The Morgan fingerprint density at radius 3 is 2.63 bits per heavy atom. The van der Waals surface area contributed by atoms with Crippen LogP contribution in [0.3, 0.4) is 0 Å². The predicted molar refractivity (Wildman–Crippen MR) is 74.7 cm³/mol. The summed E-state index contributed by atoms with van der Waals surface area (Å²) in [6, 6.07) is 9.05. The minimum Gasteiger partial charge on any atom is -0.469 e. The first kappa shape index (κ1) is 15.7. The summed E-state index contributed by atoms with van der Waals surface area (Å²) in [5.41, 5.74) is 0.806. The van der Waals surface area contributed by atoms with Gasteiger partial charge in [-0.1, -0.05) is 43.7 Å². The lowest BCUT2D eigenvalue weighted by atomic mass is 9.99. The molecule has 0 aliphatic rings. The third-order valence-corrected chi connectivity index (χ3v) is 3.07. The number of carbonyl (C=O) groups is 1. The van der Waals surface area contributed by atoms with Crippen molar-refractivity contribution in [1.82, 2.24) is 5.32 Å². The van der Waals surface area contributed by atoms with E-state index in [1.807, 2.05) is 30.3 Å². The maximum Gasteiger partial charge on any atom is 0.307 e. The fourth-order valence-corrected chi connectivity index (χ4v) is 1.91. The largest absolute Gasteiger partial charge is 0.469 e. The van der Waals surface area contributed by atoms with Crippen molar-refractivity contribution in [2.75, 3.05) is 13.7 Å². The third-order valence-electron chi connectivity index (χ3n) is 3.07. The minimum absolute atomic E-state index is 0.163. The third kappa shape index (κ3) is 5.41. The smallest absolute Gasteiger partial charge is 0.307 e. The van der Waals surface area contributed by atoms with Crippen LogP contribution in [0.25, 0.3) is 0 Å². The number of carbonyl (C=O) groups excluding carboxylic acids is 1. The quantitative estimate of drug-likeness (QED) is 0.558. The lowest BCUT2D eigenvalue weighted by Gasteiger charge is -2.23. The van der Waals surface area contributed by atoms with E-state index in [1.165, 1.54) is 7.11 Å². The first-order valence-electron chi connectivity index (χ1n) is 6.72. The van der Waals surface area contributed by atoms with Gasteiger partial charge in [0.2, 0.25) is 0 Å². The summed E-state index contributed by atoms with van der Waals surface area (Å²) >= 11 is 0. The van der Waals surface area contributed by atoms with Gasteiger partial charge in [-0.2, -0.15) is 0 Å². The number of benzene rings is 1. The predicted octanol–water partition coefficient (Wildman–Crippen LogP) is 2.04. The van der Waals surface area contributed by atoms with Gasteiger partial charge >= 0.3 is 5.97 Å². The molecule has 0 aliphatic heterocycles. The number of hydrogen-bond donors (Lipinski definition) is 2. The van der Waals surface area contributed by atoms with E-state index in [9.17, 15) is 9.90 Å². The highest BCUT2D eigenvalue weighted by atomic mass is 16.5. The summed E-state index contributed by atoms with van der Waals surface area (Å²) in [6.07, 6.45) is 1.53. The van der Waals surface area contributed by atoms with Gasteiger partial charge in [0.05, 0.1) is 19.6 Å². The van der Waals surface area contributed by atoms with E-state index < -0.39 is 6.10 Å². The fourth-order valence-electron chi connectivity index (χ4n) is 1.91. The number of hydrogen-bond acceptors (Lipinski definition) is 4. The molecular formula is C15H23NO3. The van der Waals surface area contributed by atoms with E-state index in [1.54, 1.807) is 0 Å². The summed E-state index contributed by atoms with van der Waals surface area (Å²) < 4.78 is 4.68. The van der Waals surface area contributed by atoms with Crippen molar-refractivity contribution >= 4 is 5.97 Å². The zero-order valence-electron chi connectivity index (χ0n) is 11.6. The van der Waals surface area contributed by atoms with Crippen LogP contribution < -0.4 is 5.32 Å². The second-order valence-electron chi connectivity index (χ2n) is 4.55. The molecule has 1 rings (SSSR count). The van der Waals surface area contributed by atoms with Crippen molar-refractivity contribution in [1.29, 1.82) is 0 Å². The Morgan fingerprint density at radius 1 is 1.37 bits per heavy atom. The molecule has 0 amide bonds. The van der Waals surface area contributed by atoms with Gasteiger partial charge in [-0.05, 0) is 18.5 Å². The van der Waals surface area contributed by atoms with Crippen LogP contribution in [0, 0.1) is 0 Å². The first-order valence-corrected chi connectivity index (χ1v) is 6.72. The van der Waals surface area contributed by atoms with Gasteiger partial charge in [0.15, 0.2) is 0 Å². The van der Waals surface area contributed by atoms with Gasteiger partial charge in [-0.15, -0.1) is 0 Å². The summed E-state index contributed by atoms with van der Waals surface area (Å²) in [6.45, 7) is 2.88. The number of unbranched alkanes of at least 4 members (excludes halogenated alkanes) is 1. The molecule has 4 heteroatoms. The molecular weight excluding hydrogens is 242 g/mol. The number of esters is 1. The number of ether oxygens (including phenoxy) is 1. The minimum atomic E-state index is -0.711. The topological polar surface area (TPSA) is 58.6 Å². The van der Waals surface area contributed by atoms with E-state index in [0.717, 1.165) is 24.9 Å². The van der Waals surface area contributed by atoms with Crippen LogP contribution in [0.2, 0.25) is 0 Å². The van der Waals surface area contributed by atoms with Crippen molar-refractivity contribution in [3.05, 3.63) is 35.9 Å². The van der Waals surface area contributed by atoms with Crippen molar-refractivity contribution in [3.8, 4) is 0 Å². The Bertz CT molecular complexity index is 367. The zero-order valence-corrected chi connectivity index (χ0v) is 11.6. The Morgan fingerprint density at radius 2 is 2.05 bits per heavy atom. The summed E-state index contributed by atoms with van der Waals surface area (Å²) in [5.74, 6) is -0.316. The van der Waals surface area contributed by atoms with Gasteiger partial charge in [-0.3, -0.25) is 4.79 Å². The molecule has 4 nitrogen and oxygen atoms in total. The highest BCUT2D eigenvalue weighted by Gasteiger charge is 2.23. The Balaban J connectivity index is 2.68. The fraction of sp³-hybridized carbons (Fsp3) is 0.533. The van der Waals surface area contributed by atoms with Crippen molar-refractivity contribution in [2.24, 2.45) is 0 Å². The average molecular weight is 265 g/mol. The van der Waals surface area contributed by atoms with Crippen molar-refractivity contribution in [3.63, 3.8) is 0 Å². The SMILES string of the molecule is CCCCNC(CC(=O)OC)C(O)c1ccccc1. The Hall–Kier alpha value is -1.39. The van der Waals surface area contributed by atoms with E-state index in [2.05, 4.69) is 17.0 Å². The van der Waals surface area contributed by atoms with Crippen LogP contribution in [0.1, 0.15) is 37.9 Å². The second-order valence-corrected chi connectivity index (χ2v) is 4.55. The lowest BCUT2D eigenvalue weighted by molar-refractivity contribution is -0.142. The van der Waals surface area contributed by atoms with E-state index in [0.29, 0.717) is 0 Å². The average Bonchev–Trinajstić information content (AvgIpc) is 2.46. The molecule has 0 fully saturated rings. The van der Waals surface area contributed by atoms with Crippen LogP contribution in [-0.4, -0.2) is 30.8 Å². The van der Waals surface area contributed by atoms with Crippen LogP contribution in [0.4, 0.5) is 0 Å². The van der Waals surface area contributed by atoms with Gasteiger partial charge in [0.25, 0.3) is 0 Å². The standard InChI is InChI=1S/C15H23NO3/c1-3-4-10-16-13(11-14(17)19-2)15(18)12-8-6-5-7-9-12/h5-9,13,15-16,18H,3-4,10-11H2,1-2H3. The van der Waals surface area contributed by atoms with Gasteiger partial charge in [0, 0.05) is 6.04 Å². The van der Waals surface area contributed by atoms with Crippen LogP contribution >= 0.6 is 0 Å². The molecule has 1 aromatic rings. The van der Waals surface area contributed by atoms with E-state index in [4.69, 9.17) is 0 Å². The molecule has 0 bridgehead atoms. The Kier molecular flexibility index (Phi) is 7.15. The highest BCUT2D eigenvalue weighted by molar-refractivity contribution is 5.70. The number of aliphatic hydroxyl groups excluding tert-OH is 1. The molecule has 0 aliphatic carbocycles. The number of nitrogens with one attached hydrogen (secondary N) is 1. The number of aliphatic hydroxyl groups is 1. The molecule has 0 spiro atoms. The molecule has 0 heterocycles. The molecule has 19 heavy (non-hydrogen) atoms. The molecule has 0 saturated heterocycles. The maximum absolute atomic E-state index is 11.4. The number of rotatable bonds is 8. The lowest BCUT2D eigenvalue weighted by Crippen LogP contribution is -2.37. The van der Waals surface area contributed by atoms with Gasteiger partial charge in [0.1, 0.15) is 0 Å². The van der Waals surface area contributed by atoms with Crippen molar-refractivity contribution < 1.29 is 14.6 Å². The summed E-state index contributed by atoms with van der Waals surface area (Å²) in [7, 11) is 1.36. The molecule has 2 atom stereocenters. The van der Waals surface area contributed by atoms with Crippen LogP contribution in [0.5, 0.6) is 0 Å². The molecule has 2 N–H and O–H groups in total. The van der Waals surface area contributed by atoms with Crippen molar-refractivity contribution in [2.45, 2.75) is 38.3 Å². The van der Waals surface area contributed by atoms with E-state index >= 15 is 0 Å². The van der Waals surface area contributed by atoms with E-state index in [-0.39, 0.29) is 18.4 Å². The summed E-state index contributed by atoms with van der Waals surface area (Å²) in [5, 5.41) is 13.6. The second kappa shape index (κ2) is 8.67. The molecule has 0 aromatic heterocycles. The molecule has 106 valence electrons. The van der Waals surface area contributed by atoms with Crippen LogP contribution in [-0.2, 0) is 9.53 Å². The molecule has 0 saturated carbocycles. The molecule has 2 unspecified atom stereocenters. The van der Waals surface area contributed by atoms with Gasteiger partial charge in [-0.25, -0.2) is 0 Å². The maximum atomic E-state index is 11.4. The monoisotopic (exact) mass is 265 g/mol. The van der Waals surface area contributed by atoms with Gasteiger partial charge < -0.3 is 15.2 Å². The van der Waals surface area contributed by atoms with Crippen LogP contribution in [0.15, 0.2) is 30.3 Å². The highest BCUT2D eigenvalue weighted by Crippen LogP contribution is 2.19. The zero-order chi connectivity index (χ0) is 14.1. The Labute approximate surface area is 114 Å².